The number of hydrogen-bond donors (Lipinski definition) is 1. The fourth-order valence-corrected chi connectivity index (χ4v) is 2.06. The number of aryl methyl sites for hydroxylation is 1. The highest BCUT2D eigenvalue weighted by molar-refractivity contribution is 6.32. The Balaban J connectivity index is 2.17. The van der Waals surface area contributed by atoms with E-state index in [0.717, 1.165) is 5.56 Å². The Morgan fingerprint density at radius 3 is 2.71 bits per heavy atom. The number of nitrogens with one attached hydrogen (secondary N) is 1. The van der Waals surface area contributed by atoms with Crippen LogP contribution in [0.1, 0.15) is 19.4 Å². The Morgan fingerprint density at radius 1 is 1.38 bits per heavy atom. The lowest BCUT2D eigenvalue weighted by atomic mass is 10.2. The van der Waals surface area contributed by atoms with Gasteiger partial charge in [0.15, 0.2) is 11.5 Å². The van der Waals surface area contributed by atoms with Gasteiger partial charge in [-0.15, -0.1) is 0 Å². The van der Waals surface area contributed by atoms with Gasteiger partial charge in [-0.05, 0) is 42.0 Å². The van der Waals surface area contributed by atoms with E-state index in [-0.39, 0.29) is 6.10 Å². The van der Waals surface area contributed by atoms with Crippen LogP contribution in [0, 0.1) is 0 Å². The number of hydrogen-bond acceptors (Lipinski definition) is 6. The lowest BCUT2D eigenvalue weighted by Crippen LogP contribution is -2.09. The second kappa shape index (κ2) is 6.62. The molecule has 0 unspecified atom stereocenters. The van der Waals surface area contributed by atoms with Crippen LogP contribution in [0.5, 0.6) is 11.5 Å². The molecule has 1 aromatic carbocycles. The zero-order valence-electron chi connectivity index (χ0n) is 12.4. The molecule has 0 amide bonds. The zero-order chi connectivity index (χ0) is 15.4. The van der Waals surface area contributed by atoms with Gasteiger partial charge >= 0.3 is 0 Å². The molecule has 0 radical (unpaired) electrons. The van der Waals surface area contributed by atoms with Crippen LogP contribution in [-0.2, 0) is 13.6 Å². The summed E-state index contributed by atoms with van der Waals surface area (Å²) in [5.41, 5.74) is 0.941. The predicted molar refractivity (Wildman–Crippen MR) is 79.9 cm³/mol. The molecule has 1 N–H and O–H groups in total. The minimum absolute atomic E-state index is 0.0186. The third kappa shape index (κ3) is 3.75. The van der Waals surface area contributed by atoms with E-state index in [2.05, 4.69) is 20.8 Å². The van der Waals surface area contributed by atoms with Crippen molar-refractivity contribution in [1.29, 1.82) is 0 Å². The van der Waals surface area contributed by atoms with Gasteiger partial charge < -0.3 is 14.8 Å². The minimum atomic E-state index is 0.0186. The molecule has 0 atom stereocenters. The largest absolute Gasteiger partial charge is 0.493 e. The molecule has 0 saturated heterocycles. The van der Waals surface area contributed by atoms with E-state index >= 15 is 0 Å². The highest BCUT2D eigenvalue weighted by atomic mass is 35.5. The number of rotatable bonds is 6. The molecule has 2 rings (SSSR count). The third-order valence-electron chi connectivity index (χ3n) is 2.71. The number of aromatic nitrogens is 4. The zero-order valence-corrected chi connectivity index (χ0v) is 13.2. The Bertz CT molecular complexity index is 615. The van der Waals surface area contributed by atoms with Crippen molar-refractivity contribution in [2.75, 3.05) is 12.4 Å². The normalized spacial score (nSPS) is 10.8. The number of methoxy groups -OCH3 is 1. The van der Waals surface area contributed by atoms with E-state index in [0.29, 0.717) is 29.0 Å². The average molecular weight is 312 g/mol. The fraction of sp³-hybridized carbons (Fsp3) is 0.462. The van der Waals surface area contributed by atoms with E-state index in [1.54, 1.807) is 18.8 Å². The van der Waals surface area contributed by atoms with Gasteiger partial charge in [-0.1, -0.05) is 16.7 Å². The van der Waals surface area contributed by atoms with E-state index in [4.69, 9.17) is 21.1 Å². The van der Waals surface area contributed by atoms with Crippen LogP contribution in [0.25, 0.3) is 0 Å². The molecular weight excluding hydrogens is 294 g/mol. The molecule has 0 fully saturated rings. The molecule has 21 heavy (non-hydrogen) atoms. The van der Waals surface area contributed by atoms with Crippen LogP contribution in [0.4, 0.5) is 5.95 Å². The van der Waals surface area contributed by atoms with E-state index in [9.17, 15) is 0 Å². The topological polar surface area (TPSA) is 74.1 Å². The van der Waals surface area contributed by atoms with Crippen molar-refractivity contribution in [2.45, 2.75) is 26.5 Å². The smallest absolute Gasteiger partial charge is 0.242 e. The number of benzene rings is 1. The van der Waals surface area contributed by atoms with Crippen molar-refractivity contribution < 1.29 is 9.47 Å². The minimum Gasteiger partial charge on any atom is -0.493 e. The van der Waals surface area contributed by atoms with Gasteiger partial charge in [-0.2, -0.15) is 0 Å². The highest BCUT2D eigenvalue weighted by Gasteiger charge is 2.13. The Kier molecular flexibility index (Phi) is 4.85. The number of halogens is 1. The molecule has 0 aliphatic carbocycles. The molecular formula is C13H18ClN5O2. The molecule has 114 valence electrons. The standard InChI is InChI=1S/C13H18ClN5O2/c1-8(2)21-12-10(14)5-9(6-11(12)20-4)7-15-13-16-17-18-19(13)3/h5-6,8H,7H2,1-4H3,(H,15,16,18). The quantitative estimate of drug-likeness (QED) is 0.882. The third-order valence-corrected chi connectivity index (χ3v) is 2.99. The first-order valence-electron chi connectivity index (χ1n) is 6.50. The molecule has 0 saturated carbocycles. The van der Waals surface area contributed by atoms with Crippen molar-refractivity contribution >= 4 is 17.5 Å². The number of tetrazole rings is 1. The molecule has 0 aliphatic rings. The number of anilines is 1. The summed E-state index contributed by atoms with van der Waals surface area (Å²) in [6.07, 6.45) is 0.0186. The summed E-state index contributed by atoms with van der Waals surface area (Å²) < 4.78 is 12.6. The molecule has 0 bridgehead atoms. The molecule has 2 aromatic rings. The number of ether oxygens (including phenoxy) is 2. The van der Waals surface area contributed by atoms with E-state index in [1.807, 2.05) is 26.0 Å². The SMILES string of the molecule is COc1cc(CNc2nnnn2C)cc(Cl)c1OC(C)C. The Morgan fingerprint density at radius 2 is 2.14 bits per heavy atom. The second-order valence-corrected chi connectivity index (χ2v) is 5.16. The van der Waals surface area contributed by atoms with E-state index < -0.39 is 0 Å². The monoisotopic (exact) mass is 311 g/mol. The van der Waals surface area contributed by atoms with Gasteiger partial charge in [0.25, 0.3) is 0 Å². The molecule has 1 heterocycles. The molecule has 8 heteroatoms. The average Bonchev–Trinajstić information content (AvgIpc) is 2.84. The van der Waals surface area contributed by atoms with Gasteiger partial charge in [0.05, 0.1) is 18.2 Å². The van der Waals surface area contributed by atoms with Crippen LogP contribution >= 0.6 is 11.6 Å². The number of nitrogens with zero attached hydrogens (tertiary/aromatic N) is 4. The summed E-state index contributed by atoms with van der Waals surface area (Å²) in [7, 11) is 3.35. The van der Waals surface area contributed by atoms with Crippen LogP contribution in [-0.4, -0.2) is 33.4 Å². The van der Waals surface area contributed by atoms with Gasteiger partial charge in [-0.3, -0.25) is 0 Å². The Labute approximate surface area is 128 Å². The molecule has 7 nitrogen and oxygen atoms in total. The Hall–Kier alpha value is -2.02. The van der Waals surface area contributed by atoms with E-state index in [1.165, 1.54) is 0 Å². The van der Waals surface area contributed by atoms with Crippen molar-refractivity contribution in [3.8, 4) is 11.5 Å². The van der Waals surface area contributed by atoms with Gasteiger partial charge in [0, 0.05) is 13.6 Å². The second-order valence-electron chi connectivity index (χ2n) is 4.76. The highest BCUT2D eigenvalue weighted by Crippen LogP contribution is 2.37. The maximum atomic E-state index is 6.27. The van der Waals surface area contributed by atoms with Crippen LogP contribution in [0.15, 0.2) is 12.1 Å². The summed E-state index contributed by atoms with van der Waals surface area (Å²) >= 11 is 6.27. The van der Waals surface area contributed by atoms with Crippen molar-refractivity contribution in [3.05, 3.63) is 22.7 Å². The first kappa shape index (κ1) is 15.4. The van der Waals surface area contributed by atoms with Gasteiger partial charge in [-0.25, -0.2) is 4.68 Å². The molecule has 1 aromatic heterocycles. The maximum absolute atomic E-state index is 6.27. The first-order chi connectivity index (χ1) is 10.0. The summed E-state index contributed by atoms with van der Waals surface area (Å²) in [6.45, 7) is 4.39. The fourth-order valence-electron chi connectivity index (χ4n) is 1.79. The molecule has 0 spiro atoms. The van der Waals surface area contributed by atoms with Crippen molar-refractivity contribution in [3.63, 3.8) is 0 Å². The van der Waals surface area contributed by atoms with Crippen LogP contribution < -0.4 is 14.8 Å². The van der Waals surface area contributed by atoms with Gasteiger partial charge in [0.2, 0.25) is 5.95 Å². The maximum Gasteiger partial charge on any atom is 0.242 e. The summed E-state index contributed by atoms with van der Waals surface area (Å²) in [5.74, 6) is 1.73. The predicted octanol–water partition coefficient (Wildman–Crippen LogP) is 2.27. The van der Waals surface area contributed by atoms with Crippen molar-refractivity contribution in [1.82, 2.24) is 20.2 Å². The molecule has 0 aliphatic heterocycles. The van der Waals surface area contributed by atoms with Crippen molar-refractivity contribution in [2.24, 2.45) is 7.05 Å². The van der Waals surface area contributed by atoms with Crippen LogP contribution in [0.3, 0.4) is 0 Å². The lowest BCUT2D eigenvalue weighted by molar-refractivity contribution is 0.230. The summed E-state index contributed by atoms with van der Waals surface area (Å²) in [5, 5.41) is 14.8. The summed E-state index contributed by atoms with van der Waals surface area (Å²) in [6, 6.07) is 3.71. The van der Waals surface area contributed by atoms with Gasteiger partial charge in [0.1, 0.15) is 0 Å². The van der Waals surface area contributed by atoms with Crippen LogP contribution in [0.2, 0.25) is 5.02 Å². The first-order valence-corrected chi connectivity index (χ1v) is 6.88. The lowest BCUT2D eigenvalue weighted by Gasteiger charge is -2.16. The summed E-state index contributed by atoms with van der Waals surface area (Å²) in [4.78, 5) is 0.